The van der Waals surface area contributed by atoms with Crippen LogP contribution in [0.4, 0.5) is 10.1 Å². The summed E-state index contributed by atoms with van der Waals surface area (Å²) in [5.74, 6) is -4.94. The summed E-state index contributed by atoms with van der Waals surface area (Å²) in [5, 5.41) is 11.1. The summed E-state index contributed by atoms with van der Waals surface area (Å²) < 4.78 is 14.1. The smallest absolute Gasteiger partial charge is 0.241 e. The zero-order chi connectivity index (χ0) is 30.4. The number of anilines is 1. The van der Waals surface area contributed by atoms with E-state index in [0.717, 1.165) is 48.6 Å². The number of rotatable bonds is 3. The van der Waals surface area contributed by atoms with Crippen LogP contribution in [0.15, 0.2) is 48.0 Å². The molecule has 1 N–H and O–H groups in total. The third-order valence-corrected chi connectivity index (χ3v) is 11.3. The van der Waals surface area contributed by atoms with Crippen molar-refractivity contribution in [3.05, 3.63) is 70.0 Å². The van der Waals surface area contributed by atoms with Crippen LogP contribution in [0, 0.1) is 41.8 Å². The van der Waals surface area contributed by atoms with Gasteiger partial charge < -0.3 is 5.11 Å². The summed E-state index contributed by atoms with van der Waals surface area (Å²) in [7, 11) is 0. The van der Waals surface area contributed by atoms with Crippen LogP contribution in [-0.4, -0.2) is 39.7 Å². The second-order valence-corrected chi connectivity index (χ2v) is 13.5. The van der Waals surface area contributed by atoms with Gasteiger partial charge in [-0.05, 0) is 69.2 Å². The van der Waals surface area contributed by atoms with Gasteiger partial charge in [0, 0.05) is 17.5 Å². The Morgan fingerprint density at radius 1 is 0.977 bits per heavy atom. The van der Waals surface area contributed by atoms with Gasteiger partial charge >= 0.3 is 0 Å². The molecule has 5 aliphatic rings. The average molecular weight is 605 g/mol. The molecule has 0 unspecified atom stereocenters. The lowest BCUT2D eigenvalue weighted by Gasteiger charge is -2.49. The number of aryl methyl sites for hydroxylation is 1. The highest BCUT2D eigenvalue weighted by molar-refractivity contribution is 6.31. The van der Waals surface area contributed by atoms with E-state index in [0.29, 0.717) is 17.5 Å². The van der Waals surface area contributed by atoms with E-state index in [1.807, 2.05) is 12.1 Å². The molecule has 0 aromatic heterocycles. The lowest BCUT2D eigenvalue weighted by Crippen LogP contribution is -2.49. The van der Waals surface area contributed by atoms with Crippen LogP contribution in [0.1, 0.15) is 68.9 Å². The fourth-order valence-electron chi connectivity index (χ4n) is 8.87. The van der Waals surface area contributed by atoms with E-state index in [4.69, 9.17) is 11.6 Å². The Morgan fingerprint density at radius 3 is 2.44 bits per heavy atom. The minimum atomic E-state index is -1.30. The number of fused-ring (bicyclic) bond motifs is 4. The highest BCUT2D eigenvalue weighted by atomic mass is 35.5. The van der Waals surface area contributed by atoms with Crippen LogP contribution < -0.4 is 4.90 Å². The Bertz CT molecular complexity index is 1620. The number of carbonyl (C=O) groups excluding carboxylic acids is 4. The molecule has 2 aliphatic heterocycles. The van der Waals surface area contributed by atoms with Crippen LogP contribution in [0.25, 0.3) is 0 Å². The van der Waals surface area contributed by atoms with Gasteiger partial charge in [0.25, 0.3) is 0 Å². The normalized spacial score (nSPS) is 32.6. The van der Waals surface area contributed by atoms with Gasteiger partial charge in [0.15, 0.2) is 0 Å². The first-order valence-corrected chi connectivity index (χ1v) is 15.6. The zero-order valence-corrected chi connectivity index (χ0v) is 24.9. The molecule has 4 fully saturated rings. The van der Waals surface area contributed by atoms with Gasteiger partial charge in [0.05, 0.1) is 33.9 Å². The first kappa shape index (κ1) is 28.3. The third kappa shape index (κ3) is 3.91. The number of phenolic OH excluding ortho intramolecular Hbond substituents is 1. The molecule has 0 spiro atoms. The number of para-hydroxylation sites is 1. The molecule has 43 heavy (non-hydrogen) atoms. The SMILES string of the molecule is Cc1cccc([C@H]2C3=CC[C@@H]4C(=O)N(C5CCCCC5)C(=O)[C@@H]4[C@@H]3C[C@H]3C(=O)N(c4ccc(F)c(Cl)c4)C(=O)[C@@]23C)c1O. The number of aromatic hydroxyl groups is 1. The predicted octanol–water partition coefficient (Wildman–Crippen LogP) is 6.06. The minimum Gasteiger partial charge on any atom is -0.507 e. The summed E-state index contributed by atoms with van der Waals surface area (Å²) in [6.45, 7) is 3.54. The van der Waals surface area contributed by atoms with E-state index in [9.17, 15) is 28.7 Å². The Hall–Kier alpha value is -3.52. The quantitative estimate of drug-likeness (QED) is 0.340. The number of hydrogen-bond donors (Lipinski definition) is 1. The number of hydrogen-bond acceptors (Lipinski definition) is 5. The van der Waals surface area contributed by atoms with Gasteiger partial charge in [-0.15, -0.1) is 0 Å². The number of amides is 4. The van der Waals surface area contributed by atoms with Crippen LogP contribution in [0.2, 0.25) is 5.02 Å². The van der Waals surface area contributed by atoms with E-state index in [2.05, 4.69) is 0 Å². The Balaban J connectivity index is 1.36. The lowest BCUT2D eigenvalue weighted by molar-refractivity contribution is -0.144. The van der Waals surface area contributed by atoms with Crippen molar-refractivity contribution in [1.29, 1.82) is 0 Å². The molecule has 0 bridgehead atoms. The van der Waals surface area contributed by atoms with E-state index >= 15 is 0 Å². The van der Waals surface area contributed by atoms with Crippen molar-refractivity contribution in [1.82, 2.24) is 4.90 Å². The molecule has 6 atom stereocenters. The molecule has 3 aliphatic carbocycles. The summed E-state index contributed by atoms with van der Waals surface area (Å²) in [6, 6.07) is 9.03. The van der Waals surface area contributed by atoms with E-state index in [1.54, 1.807) is 26.0 Å². The maximum atomic E-state index is 14.5. The summed E-state index contributed by atoms with van der Waals surface area (Å²) in [6.07, 6.45) is 7.27. The van der Waals surface area contributed by atoms with E-state index in [-0.39, 0.29) is 40.7 Å². The Kier molecular flexibility index (Phi) is 6.58. The van der Waals surface area contributed by atoms with Gasteiger partial charge in [-0.3, -0.25) is 24.1 Å². The van der Waals surface area contributed by atoms with E-state index in [1.165, 1.54) is 17.0 Å². The van der Waals surface area contributed by atoms with Crippen LogP contribution >= 0.6 is 11.6 Å². The van der Waals surface area contributed by atoms with Gasteiger partial charge in [-0.1, -0.05) is 60.7 Å². The minimum absolute atomic E-state index is 0.0392. The fraction of sp³-hybridized carbons (Fsp3) is 0.471. The third-order valence-electron chi connectivity index (χ3n) is 11.0. The first-order valence-electron chi connectivity index (χ1n) is 15.2. The van der Waals surface area contributed by atoms with Crippen LogP contribution in [0.3, 0.4) is 0 Å². The molecule has 224 valence electrons. The number of imide groups is 2. The molecule has 7 nitrogen and oxygen atoms in total. The molecule has 2 saturated heterocycles. The fourth-order valence-corrected chi connectivity index (χ4v) is 9.04. The van der Waals surface area contributed by atoms with Crippen LogP contribution in [-0.2, 0) is 19.2 Å². The van der Waals surface area contributed by atoms with Crippen molar-refractivity contribution in [2.45, 2.75) is 70.8 Å². The number of carbonyl (C=O) groups is 4. The van der Waals surface area contributed by atoms with Gasteiger partial charge in [0.2, 0.25) is 23.6 Å². The number of nitrogens with zero attached hydrogens (tertiary/aromatic N) is 2. The molecule has 4 amide bonds. The first-order chi connectivity index (χ1) is 20.6. The van der Waals surface area contributed by atoms with E-state index < -0.39 is 52.6 Å². The van der Waals surface area contributed by atoms with Crippen molar-refractivity contribution in [3.8, 4) is 5.75 Å². The molecule has 9 heteroatoms. The molecular weight excluding hydrogens is 571 g/mol. The van der Waals surface area contributed by atoms with Gasteiger partial charge in [0.1, 0.15) is 11.6 Å². The number of phenols is 1. The Labute approximate surface area is 254 Å². The monoisotopic (exact) mass is 604 g/mol. The molecule has 0 radical (unpaired) electrons. The summed E-state index contributed by atoms with van der Waals surface area (Å²) in [5.41, 5.74) is 0.849. The zero-order valence-electron chi connectivity index (χ0n) is 24.2. The average Bonchev–Trinajstić information content (AvgIpc) is 3.36. The lowest BCUT2D eigenvalue weighted by atomic mass is 9.51. The molecule has 7 rings (SSSR count). The highest BCUT2D eigenvalue weighted by Gasteiger charge is 2.68. The van der Waals surface area contributed by atoms with Crippen molar-refractivity contribution in [3.63, 3.8) is 0 Å². The number of benzene rings is 2. The Morgan fingerprint density at radius 2 is 1.72 bits per heavy atom. The second-order valence-electron chi connectivity index (χ2n) is 13.1. The van der Waals surface area contributed by atoms with Crippen molar-refractivity contribution in [2.75, 3.05) is 4.90 Å². The summed E-state index contributed by atoms with van der Waals surface area (Å²) >= 11 is 6.07. The predicted molar refractivity (Wildman–Crippen MR) is 158 cm³/mol. The maximum absolute atomic E-state index is 14.5. The van der Waals surface area contributed by atoms with Gasteiger partial charge in [-0.2, -0.15) is 0 Å². The standard InChI is InChI=1S/C34H34ClFN2O5/c1-17-7-6-10-22(29(17)39)28-20-12-13-21-27(32(42)37(30(21)40)18-8-4-3-5-9-18)23(20)16-24-31(41)38(33(43)34(24,28)2)19-11-14-26(36)25(35)15-19/h6-7,10-12,14-15,18,21,23-24,27-28,39H,3-5,8-9,13,16H2,1-2H3/t21-,23+,24-,27-,28+,34+/m0/s1. The molecule has 2 saturated carbocycles. The molecule has 2 heterocycles. The van der Waals surface area contributed by atoms with Gasteiger partial charge in [-0.25, -0.2) is 9.29 Å². The highest BCUT2D eigenvalue weighted by Crippen LogP contribution is 2.64. The van der Waals surface area contributed by atoms with Crippen molar-refractivity contribution < 1.29 is 28.7 Å². The number of likely N-dealkylation sites (tertiary alicyclic amines) is 1. The van der Waals surface area contributed by atoms with Crippen molar-refractivity contribution in [2.24, 2.45) is 29.1 Å². The summed E-state index contributed by atoms with van der Waals surface area (Å²) in [4.78, 5) is 59.2. The second kappa shape index (κ2) is 10.0. The number of halogens is 2. The molecule has 2 aromatic carbocycles. The molecule has 2 aromatic rings. The maximum Gasteiger partial charge on any atom is 0.241 e. The largest absolute Gasteiger partial charge is 0.507 e. The topological polar surface area (TPSA) is 95.0 Å². The molecular formula is C34H34ClFN2O5. The van der Waals surface area contributed by atoms with Crippen LogP contribution in [0.5, 0.6) is 5.75 Å². The van der Waals surface area contributed by atoms with Crippen molar-refractivity contribution >= 4 is 40.9 Å². The number of allylic oxidation sites excluding steroid dienone is 2.